The molecule has 0 bridgehead atoms. The molecule has 0 radical (unpaired) electrons. The number of nitrogens with one attached hydrogen (secondary N) is 1. The molecule has 0 heterocycles. The molecular weight excluding hydrogens is 206 g/mol. The van der Waals surface area contributed by atoms with Crippen molar-refractivity contribution >= 4 is 0 Å². The van der Waals surface area contributed by atoms with Crippen molar-refractivity contribution in [3.05, 3.63) is 0 Å². The van der Waals surface area contributed by atoms with Crippen LogP contribution in [-0.4, -0.2) is 12.6 Å². The molecule has 1 N–H and O–H groups in total. The van der Waals surface area contributed by atoms with E-state index >= 15 is 0 Å². The highest BCUT2D eigenvalue weighted by Crippen LogP contribution is 2.11. The maximum absolute atomic E-state index is 5.32. The van der Waals surface area contributed by atoms with Crippen LogP contribution in [0.3, 0.4) is 0 Å². The van der Waals surface area contributed by atoms with Crippen LogP contribution in [-0.2, 0) is 0 Å². The average molecular weight is 237 g/mol. The monoisotopic (exact) mass is 237 g/mol. The third kappa shape index (κ3) is 11.8. The van der Waals surface area contributed by atoms with Gasteiger partial charge in [0.25, 0.3) is 0 Å². The Kier molecular flexibility index (Phi) is 13.2. The summed E-state index contributed by atoms with van der Waals surface area (Å²) in [5.74, 6) is 2.74. The molecule has 0 saturated heterocycles. The first-order valence-corrected chi connectivity index (χ1v) is 7.52. The summed E-state index contributed by atoms with van der Waals surface area (Å²) in [6, 6.07) is 0.645. The first-order chi connectivity index (χ1) is 8.35. The lowest BCUT2D eigenvalue weighted by Crippen LogP contribution is -2.28. The van der Waals surface area contributed by atoms with E-state index in [1.807, 2.05) is 0 Å². The van der Waals surface area contributed by atoms with E-state index in [2.05, 4.69) is 25.1 Å². The van der Waals surface area contributed by atoms with Crippen LogP contribution in [0.25, 0.3) is 0 Å². The molecule has 1 nitrogen and oxygen atoms in total. The van der Waals surface area contributed by atoms with E-state index in [9.17, 15) is 0 Å². The van der Waals surface area contributed by atoms with Crippen LogP contribution in [0.4, 0.5) is 0 Å². The van der Waals surface area contributed by atoms with Crippen LogP contribution in [0.1, 0.15) is 78.1 Å². The van der Waals surface area contributed by atoms with Gasteiger partial charge in [-0.05, 0) is 19.4 Å². The lowest BCUT2D eigenvalue weighted by Gasteiger charge is -2.16. The summed E-state index contributed by atoms with van der Waals surface area (Å²) >= 11 is 0. The van der Waals surface area contributed by atoms with Gasteiger partial charge < -0.3 is 5.32 Å². The maximum Gasteiger partial charge on any atom is 0.0101 e. The fourth-order valence-electron chi connectivity index (χ4n) is 2.24. The number of unbranched alkanes of at least 4 members (excludes halogenated alkanes) is 6. The summed E-state index contributed by atoms with van der Waals surface area (Å²) in [6.45, 7) is 5.51. The second kappa shape index (κ2) is 13.6. The molecule has 0 aromatic carbocycles. The molecule has 0 aromatic rings. The van der Waals surface area contributed by atoms with Crippen LogP contribution < -0.4 is 5.32 Å². The van der Waals surface area contributed by atoms with E-state index in [0.29, 0.717) is 6.04 Å². The summed E-state index contributed by atoms with van der Waals surface area (Å²) in [5, 5.41) is 3.53. The van der Waals surface area contributed by atoms with Crippen molar-refractivity contribution < 1.29 is 0 Å². The van der Waals surface area contributed by atoms with E-state index in [0.717, 1.165) is 19.4 Å². The normalized spacial score (nSPS) is 12.3. The van der Waals surface area contributed by atoms with Crippen molar-refractivity contribution in [1.82, 2.24) is 5.32 Å². The van der Waals surface area contributed by atoms with Crippen molar-refractivity contribution in [3.8, 4) is 12.3 Å². The minimum Gasteiger partial charge on any atom is -0.314 e. The topological polar surface area (TPSA) is 12.0 Å². The van der Waals surface area contributed by atoms with Crippen LogP contribution in [0.15, 0.2) is 0 Å². The first kappa shape index (κ1) is 16.5. The highest BCUT2D eigenvalue weighted by Gasteiger charge is 2.05. The Bertz CT molecular complexity index is 180. The minimum atomic E-state index is 0.645. The molecule has 0 fully saturated rings. The minimum absolute atomic E-state index is 0.645. The van der Waals surface area contributed by atoms with Gasteiger partial charge in [0.05, 0.1) is 0 Å². The van der Waals surface area contributed by atoms with Gasteiger partial charge in [0.15, 0.2) is 0 Å². The Morgan fingerprint density at radius 2 is 1.59 bits per heavy atom. The lowest BCUT2D eigenvalue weighted by atomic mass is 10.0. The van der Waals surface area contributed by atoms with Crippen LogP contribution in [0, 0.1) is 12.3 Å². The molecule has 0 saturated carbocycles. The smallest absolute Gasteiger partial charge is 0.0101 e. The summed E-state index contributed by atoms with van der Waals surface area (Å²) in [7, 11) is 0. The van der Waals surface area contributed by atoms with E-state index in [-0.39, 0.29) is 0 Å². The standard InChI is InChI=1S/C16H31N/c1-4-7-9-10-11-12-13-15-16(17-6-3)14-8-5-2/h2,16-17H,4,6-15H2,1,3H3. The van der Waals surface area contributed by atoms with Crippen molar-refractivity contribution in [3.63, 3.8) is 0 Å². The SMILES string of the molecule is C#CCCC(CCCCCCCCC)NCC. The van der Waals surface area contributed by atoms with Gasteiger partial charge in [-0.2, -0.15) is 0 Å². The molecule has 0 rings (SSSR count). The molecule has 0 aliphatic carbocycles. The Morgan fingerprint density at radius 3 is 2.18 bits per heavy atom. The number of hydrogen-bond donors (Lipinski definition) is 1. The van der Waals surface area contributed by atoms with Gasteiger partial charge in [-0.25, -0.2) is 0 Å². The van der Waals surface area contributed by atoms with Gasteiger partial charge in [-0.3, -0.25) is 0 Å². The van der Waals surface area contributed by atoms with Gasteiger partial charge in [0.1, 0.15) is 0 Å². The zero-order chi connectivity index (χ0) is 12.8. The van der Waals surface area contributed by atoms with Crippen molar-refractivity contribution in [1.29, 1.82) is 0 Å². The van der Waals surface area contributed by atoms with Crippen molar-refractivity contribution in [2.24, 2.45) is 0 Å². The van der Waals surface area contributed by atoms with E-state index in [1.54, 1.807) is 0 Å². The zero-order valence-electron chi connectivity index (χ0n) is 11.9. The second-order valence-electron chi connectivity index (χ2n) is 4.91. The largest absolute Gasteiger partial charge is 0.314 e. The van der Waals surface area contributed by atoms with Crippen LogP contribution in [0.5, 0.6) is 0 Å². The summed E-state index contributed by atoms with van der Waals surface area (Å²) in [5.41, 5.74) is 0. The predicted molar refractivity (Wildman–Crippen MR) is 78.1 cm³/mol. The van der Waals surface area contributed by atoms with E-state index in [1.165, 1.54) is 51.4 Å². The van der Waals surface area contributed by atoms with Crippen molar-refractivity contribution in [2.75, 3.05) is 6.54 Å². The van der Waals surface area contributed by atoms with Gasteiger partial charge in [-0.1, -0.05) is 58.8 Å². The molecule has 0 spiro atoms. The van der Waals surface area contributed by atoms with Gasteiger partial charge >= 0.3 is 0 Å². The molecule has 0 amide bonds. The first-order valence-electron chi connectivity index (χ1n) is 7.52. The third-order valence-corrected chi connectivity index (χ3v) is 3.29. The third-order valence-electron chi connectivity index (χ3n) is 3.29. The molecular formula is C16H31N. The molecule has 0 aromatic heterocycles. The lowest BCUT2D eigenvalue weighted by molar-refractivity contribution is 0.442. The van der Waals surface area contributed by atoms with Gasteiger partial charge in [0.2, 0.25) is 0 Å². The predicted octanol–water partition coefficient (Wildman–Crippen LogP) is 4.52. The fraction of sp³-hybridized carbons (Fsp3) is 0.875. The number of terminal acetylenes is 1. The molecule has 0 aliphatic rings. The van der Waals surface area contributed by atoms with Gasteiger partial charge in [0, 0.05) is 12.5 Å². The molecule has 1 atom stereocenters. The molecule has 1 heteroatoms. The Balaban J connectivity index is 3.37. The number of hydrogen-bond acceptors (Lipinski definition) is 1. The summed E-state index contributed by atoms with van der Waals surface area (Å²) in [6.07, 6.45) is 18.4. The van der Waals surface area contributed by atoms with E-state index < -0.39 is 0 Å². The van der Waals surface area contributed by atoms with E-state index in [4.69, 9.17) is 6.42 Å². The number of rotatable bonds is 12. The average Bonchev–Trinajstić information content (AvgIpc) is 2.34. The summed E-state index contributed by atoms with van der Waals surface area (Å²) in [4.78, 5) is 0. The van der Waals surface area contributed by atoms with Crippen LogP contribution >= 0.6 is 0 Å². The molecule has 100 valence electrons. The summed E-state index contributed by atoms with van der Waals surface area (Å²) < 4.78 is 0. The highest BCUT2D eigenvalue weighted by atomic mass is 14.9. The highest BCUT2D eigenvalue weighted by molar-refractivity contribution is 4.85. The fourth-order valence-corrected chi connectivity index (χ4v) is 2.24. The molecule has 1 unspecified atom stereocenters. The van der Waals surface area contributed by atoms with Gasteiger partial charge in [-0.15, -0.1) is 12.3 Å². The Labute approximate surface area is 109 Å². The van der Waals surface area contributed by atoms with Crippen LogP contribution in [0.2, 0.25) is 0 Å². The quantitative estimate of drug-likeness (QED) is 0.389. The molecule has 17 heavy (non-hydrogen) atoms. The van der Waals surface area contributed by atoms with Crippen molar-refractivity contribution in [2.45, 2.75) is 84.1 Å². The maximum atomic E-state index is 5.32. The molecule has 0 aliphatic heterocycles. The second-order valence-corrected chi connectivity index (χ2v) is 4.91. The zero-order valence-corrected chi connectivity index (χ0v) is 11.9. The Morgan fingerprint density at radius 1 is 0.941 bits per heavy atom. The Hall–Kier alpha value is -0.480.